The second-order valence-corrected chi connectivity index (χ2v) is 8.58. The normalized spacial score (nSPS) is 11.2. The molecule has 1 heterocycles. The molecule has 0 saturated carbocycles. The summed E-state index contributed by atoms with van der Waals surface area (Å²) in [5.74, 6) is 0. The van der Waals surface area contributed by atoms with Gasteiger partial charge < -0.3 is 9.30 Å². The summed E-state index contributed by atoms with van der Waals surface area (Å²) in [6, 6.07) is 14.1. The van der Waals surface area contributed by atoms with E-state index in [1.807, 2.05) is 46.0 Å². The SMILES string of the molecule is CCOC(=O)NS(=O)(=O)c1ccccc1-c1ccc(Cn2cnc(SC)c2)cc1. The molecule has 0 atom stereocenters. The third-order valence-electron chi connectivity index (χ3n) is 4.12. The average Bonchev–Trinajstić information content (AvgIpc) is 3.16. The molecule has 0 fully saturated rings. The number of sulfonamides is 1. The van der Waals surface area contributed by atoms with Crippen molar-refractivity contribution in [2.45, 2.75) is 23.4 Å². The number of benzene rings is 2. The Morgan fingerprint density at radius 2 is 1.90 bits per heavy atom. The van der Waals surface area contributed by atoms with E-state index in [0.717, 1.165) is 16.2 Å². The molecule has 0 spiro atoms. The van der Waals surface area contributed by atoms with Crippen LogP contribution in [0.25, 0.3) is 11.1 Å². The van der Waals surface area contributed by atoms with Crippen LogP contribution < -0.4 is 4.72 Å². The fourth-order valence-corrected chi connectivity index (χ4v) is 4.31. The van der Waals surface area contributed by atoms with E-state index in [9.17, 15) is 13.2 Å². The van der Waals surface area contributed by atoms with E-state index in [0.29, 0.717) is 12.1 Å². The highest BCUT2D eigenvalue weighted by Crippen LogP contribution is 2.27. The second kappa shape index (κ2) is 9.15. The molecule has 0 radical (unpaired) electrons. The lowest BCUT2D eigenvalue weighted by atomic mass is 10.0. The number of aromatic nitrogens is 2. The molecule has 0 aliphatic rings. The number of imidazole rings is 1. The van der Waals surface area contributed by atoms with Crippen molar-refractivity contribution in [1.29, 1.82) is 0 Å². The largest absolute Gasteiger partial charge is 0.449 e. The number of carbonyl (C=O) groups is 1. The standard InChI is InChI=1S/C20H21N3O4S2/c1-3-27-20(24)22-29(25,26)18-7-5-4-6-17(18)16-10-8-15(9-11-16)12-23-13-19(28-2)21-14-23/h4-11,13-14H,3,12H2,1-2H3,(H,22,24). The lowest BCUT2D eigenvalue weighted by molar-refractivity contribution is 0.158. The fraction of sp³-hybridized carbons (Fsp3) is 0.200. The molecule has 29 heavy (non-hydrogen) atoms. The van der Waals surface area contributed by atoms with Crippen molar-refractivity contribution in [1.82, 2.24) is 14.3 Å². The average molecular weight is 432 g/mol. The number of carbonyl (C=O) groups excluding carboxylic acids is 1. The first-order valence-corrected chi connectivity index (χ1v) is 11.6. The minimum atomic E-state index is -4.06. The number of amides is 1. The topological polar surface area (TPSA) is 90.3 Å². The highest BCUT2D eigenvalue weighted by Gasteiger charge is 2.22. The third-order valence-corrected chi connectivity index (χ3v) is 6.12. The van der Waals surface area contributed by atoms with Gasteiger partial charge in [-0.2, -0.15) is 0 Å². The molecule has 3 aromatic rings. The zero-order chi connectivity index (χ0) is 20.9. The van der Waals surface area contributed by atoms with Crippen molar-refractivity contribution < 1.29 is 17.9 Å². The van der Waals surface area contributed by atoms with E-state index in [2.05, 4.69) is 9.72 Å². The maximum atomic E-state index is 12.6. The summed E-state index contributed by atoms with van der Waals surface area (Å²) in [5, 5.41) is 0.954. The van der Waals surface area contributed by atoms with Gasteiger partial charge in [0.1, 0.15) is 5.03 Å². The smallest absolute Gasteiger partial charge is 0.421 e. The number of hydrogen-bond donors (Lipinski definition) is 1. The highest BCUT2D eigenvalue weighted by molar-refractivity contribution is 7.98. The van der Waals surface area contributed by atoms with Crippen LogP contribution in [0.4, 0.5) is 4.79 Å². The van der Waals surface area contributed by atoms with Crippen molar-refractivity contribution in [2.24, 2.45) is 0 Å². The fourth-order valence-electron chi connectivity index (χ4n) is 2.80. The van der Waals surface area contributed by atoms with E-state index in [4.69, 9.17) is 0 Å². The van der Waals surface area contributed by atoms with Crippen molar-refractivity contribution in [2.75, 3.05) is 12.9 Å². The molecular formula is C20H21N3O4S2. The summed E-state index contributed by atoms with van der Waals surface area (Å²) >= 11 is 1.58. The van der Waals surface area contributed by atoms with Gasteiger partial charge in [0.2, 0.25) is 0 Å². The van der Waals surface area contributed by atoms with Gasteiger partial charge in [0.25, 0.3) is 10.0 Å². The molecule has 152 valence electrons. The Balaban J connectivity index is 1.85. The second-order valence-electron chi connectivity index (χ2n) is 6.11. The zero-order valence-electron chi connectivity index (χ0n) is 16.0. The van der Waals surface area contributed by atoms with E-state index < -0.39 is 16.1 Å². The van der Waals surface area contributed by atoms with Crippen molar-refractivity contribution >= 4 is 27.9 Å². The molecule has 1 N–H and O–H groups in total. The Labute approximate surface area is 174 Å². The Morgan fingerprint density at radius 3 is 2.55 bits per heavy atom. The molecular weight excluding hydrogens is 410 g/mol. The minimum Gasteiger partial charge on any atom is -0.449 e. The van der Waals surface area contributed by atoms with Gasteiger partial charge in [-0.25, -0.2) is 22.9 Å². The number of nitrogens with zero attached hydrogens (tertiary/aromatic N) is 2. The van der Waals surface area contributed by atoms with Crippen LogP contribution in [-0.2, 0) is 21.3 Å². The van der Waals surface area contributed by atoms with Gasteiger partial charge in [-0.05, 0) is 30.4 Å². The maximum Gasteiger partial charge on any atom is 0.421 e. The molecule has 3 rings (SSSR count). The summed E-state index contributed by atoms with van der Waals surface area (Å²) in [5.41, 5.74) is 2.29. The molecule has 9 heteroatoms. The van der Waals surface area contributed by atoms with Crippen LogP contribution in [-0.4, -0.2) is 36.9 Å². The summed E-state index contributed by atoms with van der Waals surface area (Å²) in [4.78, 5) is 15.9. The molecule has 0 unspecified atom stereocenters. The van der Waals surface area contributed by atoms with Crippen LogP contribution in [0.5, 0.6) is 0 Å². The monoisotopic (exact) mass is 431 g/mol. The van der Waals surface area contributed by atoms with E-state index in [1.54, 1.807) is 43.2 Å². The molecule has 0 bridgehead atoms. The lowest BCUT2D eigenvalue weighted by Crippen LogP contribution is -2.31. The zero-order valence-corrected chi connectivity index (χ0v) is 17.7. The van der Waals surface area contributed by atoms with Crippen LogP contribution in [0.2, 0.25) is 0 Å². The summed E-state index contributed by atoms with van der Waals surface area (Å²) < 4.78 is 33.9. The lowest BCUT2D eigenvalue weighted by Gasteiger charge is -2.12. The Kier molecular flexibility index (Phi) is 6.60. The van der Waals surface area contributed by atoms with Crippen LogP contribution in [0.1, 0.15) is 12.5 Å². The summed E-state index contributed by atoms with van der Waals surface area (Å²) in [6.07, 6.45) is 4.73. The van der Waals surface area contributed by atoms with Gasteiger partial charge >= 0.3 is 6.09 Å². The molecule has 2 aromatic carbocycles. The van der Waals surface area contributed by atoms with Crippen LogP contribution in [0.15, 0.2) is 71.0 Å². The Hall–Kier alpha value is -2.78. The predicted molar refractivity (Wildman–Crippen MR) is 112 cm³/mol. The first-order valence-electron chi connectivity index (χ1n) is 8.86. The Morgan fingerprint density at radius 1 is 1.17 bits per heavy atom. The molecule has 0 aliphatic carbocycles. The van der Waals surface area contributed by atoms with Gasteiger partial charge in [0.15, 0.2) is 0 Å². The van der Waals surface area contributed by atoms with Gasteiger partial charge in [-0.15, -0.1) is 11.8 Å². The highest BCUT2D eigenvalue weighted by atomic mass is 32.2. The predicted octanol–water partition coefficient (Wildman–Crippen LogP) is 3.76. The third kappa shape index (κ3) is 5.18. The molecule has 0 aliphatic heterocycles. The first kappa shape index (κ1) is 20.9. The van der Waals surface area contributed by atoms with Gasteiger partial charge in [0, 0.05) is 18.3 Å². The van der Waals surface area contributed by atoms with Gasteiger partial charge in [0.05, 0.1) is 17.8 Å². The van der Waals surface area contributed by atoms with E-state index in [-0.39, 0.29) is 11.5 Å². The van der Waals surface area contributed by atoms with Crippen molar-refractivity contribution in [3.63, 3.8) is 0 Å². The summed E-state index contributed by atoms with van der Waals surface area (Å²) in [6.45, 7) is 2.35. The van der Waals surface area contributed by atoms with Crippen LogP contribution in [0, 0.1) is 0 Å². The van der Waals surface area contributed by atoms with Gasteiger partial charge in [-0.1, -0.05) is 42.5 Å². The molecule has 7 nitrogen and oxygen atoms in total. The van der Waals surface area contributed by atoms with Crippen LogP contribution in [0.3, 0.4) is 0 Å². The molecule has 1 aromatic heterocycles. The van der Waals surface area contributed by atoms with Gasteiger partial charge in [-0.3, -0.25) is 0 Å². The maximum absolute atomic E-state index is 12.6. The van der Waals surface area contributed by atoms with Crippen molar-refractivity contribution in [3.05, 3.63) is 66.6 Å². The number of nitrogens with one attached hydrogen (secondary N) is 1. The summed E-state index contributed by atoms with van der Waals surface area (Å²) in [7, 11) is -4.06. The Bertz CT molecular complexity index is 1090. The van der Waals surface area contributed by atoms with Crippen LogP contribution >= 0.6 is 11.8 Å². The number of rotatable bonds is 7. The first-order chi connectivity index (χ1) is 13.9. The van der Waals surface area contributed by atoms with E-state index in [1.165, 1.54) is 6.07 Å². The van der Waals surface area contributed by atoms with Crippen molar-refractivity contribution in [3.8, 4) is 11.1 Å². The molecule has 1 amide bonds. The quantitative estimate of drug-likeness (QED) is 0.573. The minimum absolute atomic E-state index is 0.0139. The number of ether oxygens (including phenoxy) is 1. The number of hydrogen-bond acceptors (Lipinski definition) is 6. The molecule has 0 saturated heterocycles. The number of thioether (sulfide) groups is 1. The van der Waals surface area contributed by atoms with E-state index >= 15 is 0 Å².